The van der Waals surface area contributed by atoms with Crippen LogP contribution < -0.4 is 10.6 Å². The Morgan fingerprint density at radius 2 is 1.77 bits per heavy atom. The lowest BCUT2D eigenvalue weighted by atomic mass is 10.1. The van der Waals surface area contributed by atoms with Crippen LogP contribution in [0.25, 0.3) is 11.3 Å². The first-order chi connectivity index (χ1) is 15.0. The molecule has 2 aromatic heterocycles. The summed E-state index contributed by atoms with van der Waals surface area (Å²) in [7, 11) is 0. The maximum Gasteiger partial charge on any atom is 0.291 e. The molecule has 0 aliphatic heterocycles. The largest absolute Gasteiger partial charge is 0.459 e. The number of anilines is 1. The van der Waals surface area contributed by atoms with Gasteiger partial charge in [0.1, 0.15) is 11.5 Å². The highest BCUT2D eigenvalue weighted by molar-refractivity contribution is 6.30. The molecule has 2 N–H and O–H groups in total. The Bertz CT molecular complexity index is 1210. The Balaban J connectivity index is 1.41. The van der Waals surface area contributed by atoms with Crippen LogP contribution in [-0.2, 0) is 6.54 Å². The van der Waals surface area contributed by atoms with Crippen molar-refractivity contribution in [3.05, 3.63) is 101 Å². The molecule has 31 heavy (non-hydrogen) atoms. The van der Waals surface area contributed by atoms with E-state index < -0.39 is 0 Å². The second-order valence-electron chi connectivity index (χ2n) is 6.92. The molecule has 0 spiro atoms. The van der Waals surface area contributed by atoms with Crippen LogP contribution in [0.15, 0.2) is 81.8 Å². The molecule has 0 aliphatic rings. The lowest BCUT2D eigenvalue weighted by molar-refractivity contribution is 0.0946. The van der Waals surface area contributed by atoms with E-state index in [1.165, 1.54) is 6.26 Å². The van der Waals surface area contributed by atoms with Crippen molar-refractivity contribution >= 4 is 29.1 Å². The summed E-state index contributed by atoms with van der Waals surface area (Å²) in [6.07, 6.45) is 1.43. The van der Waals surface area contributed by atoms with Gasteiger partial charge in [-0.1, -0.05) is 17.7 Å². The van der Waals surface area contributed by atoms with E-state index in [1.54, 1.807) is 42.5 Å². The van der Waals surface area contributed by atoms with Gasteiger partial charge in [-0.25, -0.2) is 0 Å². The molecule has 2 amide bonds. The number of aryl methyl sites for hydroxylation is 1. The Morgan fingerprint density at radius 1 is 0.968 bits per heavy atom. The molecule has 2 aromatic carbocycles. The van der Waals surface area contributed by atoms with Crippen LogP contribution in [0.4, 0.5) is 5.69 Å². The minimum Gasteiger partial charge on any atom is -0.459 e. The summed E-state index contributed by atoms with van der Waals surface area (Å²) in [5.41, 5.74) is 2.69. The van der Waals surface area contributed by atoms with Crippen molar-refractivity contribution in [2.45, 2.75) is 13.5 Å². The maximum absolute atomic E-state index is 12.6. The van der Waals surface area contributed by atoms with Crippen LogP contribution in [-0.4, -0.2) is 11.8 Å². The summed E-state index contributed by atoms with van der Waals surface area (Å²) in [6.45, 7) is 2.08. The second-order valence-corrected chi connectivity index (χ2v) is 7.35. The summed E-state index contributed by atoms with van der Waals surface area (Å²) < 4.78 is 10.9. The fraction of sp³-hybridized carbons (Fsp3) is 0.0833. The zero-order valence-electron chi connectivity index (χ0n) is 16.6. The molecule has 0 atom stereocenters. The maximum atomic E-state index is 12.6. The van der Waals surface area contributed by atoms with Crippen LogP contribution in [0.5, 0.6) is 0 Å². The number of carbonyl (C=O) groups is 2. The number of amides is 2. The van der Waals surface area contributed by atoms with E-state index in [4.69, 9.17) is 20.4 Å². The molecule has 0 fully saturated rings. The van der Waals surface area contributed by atoms with E-state index in [-0.39, 0.29) is 24.1 Å². The van der Waals surface area contributed by atoms with Gasteiger partial charge in [-0.3, -0.25) is 9.59 Å². The van der Waals surface area contributed by atoms with Crippen molar-refractivity contribution in [1.29, 1.82) is 0 Å². The molecular weight excluding hydrogens is 416 g/mol. The van der Waals surface area contributed by atoms with E-state index >= 15 is 0 Å². The molecule has 6 nitrogen and oxygen atoms in total. The first kappa shape index (κ1) is 20.5. The molecule has 0 unspecified atom stereocenters. The summed E-state index contributed by atoms with van der Waals surface area (Å²) in [4.78, 5) is 24.8. The van der Waals surface area contributed by atoms with Crippen molar-refractivity contribution in [1.82, 2.24) is 5.32 Å². The summed E-state index contributed by atoms with van der Waals surface area (Å²) >= 11 is 5.92. The highest BCUT2D eigenvalue weighted by Gasteiger charge is 2.14. The second kappa shape index (κ2) is 8.93. The number of carbonyl (C=O) groups excluding carboxylic acids is 2. The number of furan rings is 2. The van der Waals surface area contributed by atoms with Crippen molar-refractivity contribution in [2.75, 3.05) is 5.32 Å². The minimum absolute atomic E-state index is 0.198. The van der Waals surface area contributed by atoms with Gasteiger partial charge >= 0.3 is 0 Å². The van der Waals surface area contributed by atoms with Gasteiger partial charge in [0, 0.05) is 21.8 Å². The normalized spacial score (nSPS) is 10.6. The molecule has 156 valence electrons. The first-order valence-corrected chi connectivity index (χ1v) is 9.96. The van der Waals surface area contributed by atoms with E-state index in [2.05, 4.69) is 10.6 Å². The van der Waals surface area contributed by atoms with E-state index in [1.807, 2.05) is 31.2 Å². The molecule has 2 heterocycles. The van der Waals surface area contributed by atoms with Crippen molar-refractivity contribution in [3.8, 4) is 11.3 Å². The topological polar surface area (TPSA) is 84.5 Å². The molecule has 7 heteroatoms. The predicted octanol–water partition coefficient (Wildman–Crippen LogP) is 5.68. The quantitative estimate of drug-likeness (QED) is 0.408. The number of rotatable bonds is 6. The molecule has 4 rings (SSSR count). The van der Waals surface area contributed by atoms with Gasteiger partial charge in [0.05, 0.1) is 12.8 Å². The zero-order valence-corrected chi connectivity index (χ0v) is 17.4. The standard InChI is InChI=1S/C24H19ClN2O4/c1-15-4-5-17(13-20(15)27-24(29)22-3-2-12-30-22)23(28)26-14-19-10-11-21(31-19)16-6-8-18(25)9-7-16/h2-13H,14H2,1H3,(H,26,28)(H,27,29). The van der Waals surface area contributed by atoms with Gasteiger partial charge in [-0.2, -0.15) is 0 Å². The lowest BCUT2D eigenvalue weighted by Crippen LogP contribution is -2.23. The molecule has 0 saturated carbocycles. The highest BCUT2D eigenvalue weighted by Crippen LogP contribution is 2.24. The molecular formula is C24H19ClN2O4. The Kier molecular flexibility index (Phi) is 5.91. The van der Waals surface area contributed by atoms with Crippen LogP contribution in [0, 0.1) is 6.92 Å². The Hall–Kier alpha value is -3.77. The number of benzene rings is 2. The van der Waals surface area contributed by atoms with Gasteiger partial charge < -0.3 is 19.5 Å². The number of hydrogen-bond donors (Lipinski definition) is 2. The molecule has 0 saturated heterocycles. The average Bonchev–Trinajstić information content (AvgIpc) is 3.46. The molecule has 4 aromatic rings. The van der Waals surface area contributed by atoms with Crippen LogP contribution in [0.2, 0.25) is 5.02 Å². The highest BCUT2D eigenvalue weighted by atomic mass is 35.5. The Morgan fingerprint density at radius 3 is 2.52 bits per heavy atom. The van der Waals surface area contributed by atoms with Crippen molar-refractivity contribution in [2.24, 2.45) is 0 Å². The third-order valence-corrected chi connectivity index (χ3v) is 4.96. The third-order valence-electron chi connectivity index (χ3n) is 4.71. The smallest absolute Gasteiger partial charge is 0.291 e. The number of hydrogen-bond acceptors (Lipinski definition) is 4. The van der Waals surface area contributed by atoms with Gasteiger partial charge in [-0.15, -0.1) is 0 Å². The van der Waals surface area contributed by atoms with Gasteiger partial charge in [0.2, 0.25) is 0 Å². The van der Waals surface area contributed by atoms with Crippen molar-refractivity contribution < 1.29 is 18.4 Å². The van der Waals surface area contributed by atoms with Gasteiger partial charge in [0.25, 0.3) is 11.8 Å². The van der Waals surface area contributed by atoms with Gasteiger partial charge in [-0.05, 0) is 73.2 Å². The van der Waals surface area contributed by atoms with E-state index in [9.17, 15) is 9.59 Å². The predicted molar refractivity (Wildman–Crippen MR) is 118 cm³/mol. The molecule has 0 bridgehead atoms. The summed E-state index contributed by atoms with van der Waals surface area (Å²) in [6, 6.07) is 19.3. The van der Waals surface area contributed by atoms with Crippen LogP contribution in [0.1, 0.15) is 32.2 Å². The van der Waals surface area contributed by atoms with Crippen molar-refractivity contribution in [3.63, 3.8) is 0 Å². The fourth-order valence-electron chi connectivity index (χ4n) is 3.00. The van der Waals surface area contributed by atoms with Gasteiger partial charge in [0.15, 0.2) is 5.76 Å². The Labute approximate surface area is 183 Å². The lowest BCUT2D eigenvalue weighted by Gasteiger charge is -2.10. The van der Waals surface area contributed by atoms with E-state index in [0.717, 1.165) is 11.1 Å². The molecule has 0 radical (unpaired) electrons. The fourth-order valence-corrected chi connectivity index (χ4v) is 3.13. The van der Waals surface area contributed by atoms with E-state index in [0.29, 0.717) is 27.8 Å². The average molecular weight is 435 g/mol. The first-order valence-electron chi connectivity index (χ1n) is 9.58. The number of nitrogens with one attached hydrogen (secondary N) is 2. The monoisotopic (exact) mass is 434 g/mol. The van der Waals surface area contributed by atoms with Crippen LogP contribution in [0.3, 0.4) is 0 Å². The third kappa shape index (κ3) is 4.87. The zero-order chi connectivity index (χ0) is 21.8. The SMILES string of the molecule is Cc1ccc(C(=O)NCc2ccc(-c3ccc(Cl)cc3)o2)cc1NC(=O)c1ccco1. The molecule has 0 aliphatic carbocycles. The van der Waals surface area contributed by atoms with Crippen LogP contribution >= 0.6 is 11.6 Å². The minimum atomic E-state index is -0.379. The summed E-state index contributed by atoms with van der Waals surface area (Å²) in [5.74, 6) is 0.855. The summed E-state index contributed by atoms with van der Waals surface area (Å²) in [5, 5.41) is 6.25. The number of halogens is 1.